The van der Waals surface area contributed by atoms with Crippen LogP contribution in [-0.4, -0.2) is 31.7 Å². The molecule has 0 aliphatic carbocycles. The van der Waals surface area contributed by atoms with Gasteiger partial charge in [-0.2, -0.15) is 13.2 Å². The van der Waals surface area contributed by atoms with Crippen LogP contribution in [0.25, 0.3) is 0 Å². The Bertz CT molecular complexity index is 1160. The molecule has 1 N–H and O–H groups in total. The van der Waals surface area contributed by atoms with Crippen LogP contribution < -0.4 is 14.9 Å². The highest BCUT2D eigenvalue weighted by Crippen LogP contribution is 2.36. The lowest BCUT2D eigenvalue weighted by Gasteiger charge is -2.41. The van der Waals surface area contributed by atoms with Gasteiger partial charge in [0, 0.05) is 11.6 Å². The number of aliphatic hydroxyl groups excluding tert-OH is 1. The third kappa shape index (κ3) is 7.00. The first-order valence-electron chi connectivity index (χ1n) is 10.9. The summed E-state index contributed by atoms with van der Waals surface area (Å²) in [6.45, 7) is 8.94. The lowest BCUT2D eigenvalue weighted by Crippen LogP contribution is -2.71. The Morgan fingerprint density at radius 2 is 1.34 bits per heavy atom. The second-order valence-electron chi connectivity index (χ2n) is 9.27. The van der Waals surface area contributed by atoms with Gasteiger partial charge in [-0.1, -0.05) is 81.4 Å². The van der Waals surface area contributed by atoms with Crippen LogP contribution in [0.1, 0.15) is 39.4 Å². The Hall–Kier alpha value is -2.53. The van der Waals surface area contributed by atoms with E-state index in [4.69, 9.17) is 13.0 Å². The molecule has 3 aromatic rings. The van der Waals surface area contributed by atoms with E-state index < -0.39 is 29.8 Å². The first-order chi connectivity index (χ1) is 16.1. The van der Waals surface area contributed by atoms with Crippen LogP contribution in [0, 0.1) is 0 Å². The van der Waals surface area contributed by atoms with Crippen LogP contribution in [0.2, 0.25) is 5.04 Å². The second kappa shape index (κ2) is 11.0. The zero-order valence-electron chi connectivity index (χ0n) is 20.0. The molecule has 0 spiro atoms. The first-order valence-corrected chi connectivity index (χ1v) is 14.5. The highest BCUT2D eigenvalue weighted by atomic mass is 32.2. The normalized spacial score (nSPS) is 13.5. The van der Waals surface area contributed by atoms with Crippen molar-refractivity contribution in [3.05, 3.63) is 90.8 Å². The maximum Gasteiger partial charge on any atom is 0.485 e. The Labute approximate surface area is 205 Å². The molecule has 0 fully saturated rings. The van der Waals surface area contributed by atoms with Crippen molar-refractivity contribution >= 4 is 28.6 Å². The number of nitrogens with zero attached hydrogens (tertiary/aromatic N) is 1. The Kier molecular flexibility index (Phi) is 9.04. The fourth-order valence-corrected chi connectivity index (χ4v) is 9.23. The molecule has 1 atom stereocenters. The molecule has 3 rings (SSSR count). The summed E-state index contributed by atoms with van der Waals surface area (Å²) in [7, 11) is -8.26. The molecule has 0 aliphatic heterocycles. The van der Waals surface area contributed by atoms with E-state index in [2.05, 4.69) is 98.4 Å². The summed E-state index contributed by atoms with van der Waals surface area (Å²) < 4.78 is 61.2. The van der Waals surface area contributed by atoms with E-state index in [9.17, 15) is 18.3 Å². The average Bonchev–Trinajstić information content (AvgIpc) is 2.77. The largest absolute Gasteiger partial charge is 0.741 e. The Morgan fingerprint density at radius 3 is 1.69 bits per heavy atom. The molecule has 0 bridgehead atoms. The van der Waals surface area contributed by atoms with Gasteiger partial charge < -0.3 is 9.66 Å². The Morgan fingerprint density at radius 1 is 0.914 bits per heavy atom. The van der Waals surface area contributed by atoms with Crippen molar-refractivity contribution in [2.24, 2.45) is 0 Å². The molecule has 0 radical (unpaired) electrons. The van der Waals surface area contributed by atoms with Crippen LogP contribution in [0.4, 0.5) is 13.2 Å². The number of aliphatic hydroxyl groups is 1. The standard InChI is InChI=1S/C24H30NOSi.CHF3O3S/c1-20(26)21-12-11-17-25(18-21)19-27(24(2,3)4,22-13-7-5-8-14-22)23-15-9-6-10-16-23;2-1(3,4)8(5,6)7/h5-18,20,26H,19H2,1-4H3;(H,5,6,7)/q+1;/p-1. The molecule has 2 aromatic carbocycles. The maximum atomic E-state index is 10.7. The molecule has 0 saturated carbocycles. The van der Waals surface area contributed by atoms with E-state index in [1.807, 2.05) is 19.1 Å². The minimum atomic E-state index is -6.09. The van der Waals surface area contributed by atoms with Crippen molar-refractivity contribution in [3.63, 3.8) is 0 Å². The second-order valence-corrected chi connectivity index (χ2v) is 15.4. The summed E-state index contributed by atoms with van der Waals surface area (Å²) in [6.07, 6.45) is 4.71. The molecular formula is C25H30F3NO4SSi. The molecule has 5 nitrogen and oxygen atoms in total. The minimum Gasteiger partial charge on any atom is -0.741 e. The van der Waals surface area contributed by atoms with E-state index in [1.54, 1.807) is 0 Å². The fraction of sp³-hybridized carbons (Fsp3) is 0.320. The predicted octanol–water partition coefficient (Wildman–Crippen LogP) is 3.68. The van der Waals surface area contributed by atoms with Gasteiger partial charge in [-0.25, -0.2) is 13.0 Å². The lowest BCUT2D eigenvalue weighted by atomic mass is 10.2. The van der Waals surface area contributed by atoms with Gasteiger partial charge in [-0.3, -0.25) is 0 Å². The van der Waals surface area contributed by atoms with Crippen molar-refractivity contribution in [1.82, 2.24) is 0 Å². The molecule has 1 heterocycles. The van der Waals surface area contributed by atoms with Crippen molar-refractivity contribution in [3.8, 4) is 0 Å². The molecule has 0 saturated heterocycles. The monoisotopic (exact) mass is 525 g/mol. The molecular weight excluding hydrogens is 495 g/mol. The van der Waals surface area contributed by atoms with Crippen molar-refractivity contribution in [2.75, 3.05) is 0 Å². The summed E-state index contributed by atoms with van der Waals surface area (Å²) >= 11 is 0. The highest BCUT2D eigenvalue weighted by molar-refractivity contribution is 7.86. The van der Waals surface area contributed by atoms with Crippen molar-refractivity contribution < 1.29 is 35.8 Å². The van der Waals surface area contributed by atoms with Crippen LogP contribution in [0.15, 0.2) is 85.2 Å². The van der Waals surface area contributed by atoms with Crippen LogP contribution in [-0.2, 0) is 16.3 Å². The van der Waals surface area contributed by atoms with Crippen LogP contribution in [0.5, 0.6) is 0 Å². The van der Waals surface area contributed by atoms with E-state index in [0.717, 1.165) is 11.7 Å². The SMILES string of the molecule is CC(O)c1ccc[n+](C[Si](c2ccccc2)(c2ccccc2)C(C)(C)C)c1.O=S(=O)([O-])C(F)(F)F. The van der Waals surface area contributed by atoms with E-state index in [-0.39, 0.29) is 5.04 Å². The molecule has 10 heteroatoms. The average molecular weight is 526 g/mol. The quantitative estimate of drug-likeness (QED) is 0.239. The van der Waals surface area contributed by atoms with Gasteiger partial charge in [0.25, 0.3) is 0 Å². The number of alkyl halides is 3. The van der Waals surface area contributed by atoms with E-state index in [0.29, 0.717) is 0 Å². The third-order valence-electron chi connectivity index (χ3n) is 5.88. The summed E-state index contributed by atoms with van der Waals surface area (Å²) in [5, 5.41) is 13.0. The molecule has 1 unspecified atom stereocenters. The van der Waals surface area contributed by atoms with Crippen LogP contribution in [0.3, 0.4) is 0 Å². The lowest BCUT2D eigenvalue weighted by molar-refractivity contribution is -0.681. The van der Waals surface area contributed by atoms with Gasteiger partial charge in [0.05, 0.1) is 6.10 Å². The van der Waals surface area contributed by atoms with Gasteiger partial charge in [0.1, 0.15) is 6.17 Å². The highest BCUT2D eigenvalue weighted by Gasteiger charge is 2.51. The van der Waals surface area contributed by atoms with Gasteiger partial charge >= 0.3 is 5.51 Å². The number of aromatic nitrogens is 1. The Balaban J connectivity index is 0.000000466. The molecule has 190 valence electrons. The van der Waals surface area contributed by atoms with E-state index in [1.165, 1.54) is 10.4 Å². The van der Waals surface area contributed by atoms with Crippen LogP contribution >= 0.6 is 0 Å². The number of benzene rings is 2. The van der Waals surface area contributed by atoms with Crippen molar-refractivity contribution in [2.45, 2.75) is 50.5 Å². The van der Waals surface area contributed by atoms with Crippen molar-refractivity contribution in [1.29, 1.82) is 0 Å². The fourth-order valence-electron chi connectivity index (χ4n) is 4.06. The summed E-state index contributed by atoms with van der Waals surface area (Å²) in [6, 6.07) is 26.0. The van der Waals surface area contributed by atoms with Gasteiger partial charge in [0.2, 0.25) is 0 Å². The summed E-state index contributed by atoms with van der Waals surface area (Å²) in [5.74, 6) is 0. The number of rotatable bonds is 5. The molecule has 35 heavy (non-hydrogen) atoms. The smallest absolute Gasteiger partial charge is 0.485 e. The predicted molar refractivity (Wildman–Crippen MR) is 131 cm³/mol. The summed E-state index contributed by atoms with van der Waals surface area (Å²) in [4.78, 5) is 0. The van der Waals surface area contributed by atoms with Gasteiger partial charge in [-0.15, -0.1) is 0 Å². The number of hydrogen-bond donors (Lipinski definition) is 1. The third-order valence-corrected chi connectivity index (χ3v) is 12.5. The number of hydrogen-bond acceptors (Lipinski definition) is 4. The molecule has 0 aliphatic rings. The zero-order chi connectivity index (χ0) is 26.5. The van der Waals surface area contributed by atoms with Gasteiger partial charge in [-0.05, 0) is 28.4 Å². The zero-order valence-corrected chi connectivity index (χ0v) is 21.8. The minimum absolute atomic E-state index is 0.115. The summed E-state index contributed by atoms with van der Waals surface area (Å²) in [5.41, 5.74) is -4.69. The number of halogens is 3. The van der Waals surface area contributed by atoms with E-state index >= 15 is 0 Å². The maximum absolute atomic E-state index is 10.7. The first kappa shape index (κ1) is 28.7. The molecule has 1 aromatic heterocycles. The molecule has 0 amide bonds. The number of pyridine rings is 1. The van der Waals surface area contributed by atoms with Gasteiger partial charge in [0.15, 0.2) is 30.6 Å². The topological polar surface area (TPSA) is 81.3 Å².